The molecule has 5 heteroatoms. The van der Waals surface area contributed by atoms with Crippen molar-refractivity contribution in [3.8, 4) is 11.8 Å². The van der Waals surface area contributed by atoms with Crippen molar-refractivity contribution >= 4 is 0 Å². The van der Waals surface area contributed by atoms with Gasteiger partial charge in [-0.05, 0) is 29.5 Å². The number of hydrogen-bond donors (Lipinski definition) is 1. The minimum absolute atomic E-state index is 0.0639. The molecule has 0 saturated carbocycles. The summed E-state index contributed by atoms with van der Waals surface area (Å²) < 4.78 is 28.3. The molecule has 0 aromatic heterocycles. The first-order valence-corrected chi connectivity index (χ1v) is 6.54. The van der Waals surface area contributed by atoms with Gasteiger partial charge >= 0.3 is 6.61 Å². The van der Waals surface area contributed by atoms with Gasteiger partial charge in [-0.15, -0.1) is 0 Å². The van der Waals surface area contributed by atoms with Crippen LogP contribution in [0.1, 0.15) is 32.3 Å². The van der Waals surface area contributed by atoms with Gasteiger partial charge < -0.3 is 10.1 Å². The Bertz CT molecular complexity index is 438. The lowest BCUT2D eigenvalue weighted by atomic mass is 9.88. The van der Waals surface area contributed by atoms with Crippen LogP contribution in [0.5, 0.6) is 5.75 Å². The van der Waals surface area contributed by atoms with Crippen LogP contribution in [-0.2, 0) is 6.54 Å². The van der Waals surface area contributed by atoms with Crippen LogP contribution in [0.2, 0.25) is 0 Å². The third-order valence-corrected chi connectivity index (χ3v) is 2.99. The molecular weight excluding hydrogens is 262 g/mol. The number of nitrogens with zero attached hydrogens (tertiary/aromatic N) is 1. The Morgan fingerprint density at radius 3 is 2.50 bits per heavy atom. The summed E-state index contributed by atoms with van der Waals surface area (Å²) in [5.41, 5.74) is 1.07. The monoisotopic (exact) mass is 282 g/mol. The molecule has 0 radical (unpaired) electrons. The fourth-order valence-corrected chi connectivity index (χ4v) is 1.82. The van der Waals surface area contributed by atoms with Gasteiger partial charge in [0.25, 0.3) is 0 Å². The van der Waals surface area contributed by atoms with E-state index in [1.165, 1.54) is 12.1 Å². The number of rotatable bonds is 8. The second-order valence-electron chi connectivity index (χ2n) is 5.45. The van der Waals surface area contributed by atoms with Crippen LogP contribution in [0, 0.1) is 16.7 Å². The summed E-state index contributed by atoms with van der Waals surface area (Å²) in [5, 5.41) is 11.9. The smallest absolute Gasteiger partial charge is 0.387 e. The minimum Gasteiger partial charge on any atom is -0.435 e. The van der Waals surface area contributed by atoms with E-state index in [0.717, 1.165) is 18.5 Å². The molecule has 1 aromatic rings. The molecule has 0 unspecified atom stereocenters. The standard InChI is InChI=1S/C15H20F2N2O/c1-15(2,8-3-9-18)11-19-10-12-4-6-13(7-5-12)20-14(16)17/h4-7,14,19H,3,8,10-11H2,1-2H3. The molecule has 20 heavy (non-hydrogen) atoms. The summed E-state index contributed by atoms with van der Waals surface area (Å²) in [7, 11) is 0. The molecule has 0 aliphatic heterocycles. The molecule has 1 aromatic carbocycles. The van der Waals surface area contributed by atoms with E-state index in [1.807, 2.05) is 0 Å². The molecule has 0 aliphatic carbocycles. The van der Waals surface area contributed by atoms with Crippen LogP contribution in [0.3, 0.4) is 0 Å². The van der Waals surface area contributed by atoms with E-state index in [4.69, 9.17) is 5.26 Å². The molecule has 0 amide bonds. The second-order valence-corrected chi connectivity index (χ2v) is 5.45. The zero-order chi connectivity index (χ0) is 15.0. The molecule has 1 rings (SSSR count). The van der Waals surface area contributed by atoms with Crippen LogP contribution in [-0.4, -0.2) is 13.2 Å². The molecule has 0 saturated heterocycles. The maximum Gasteiger partial charge on any atom is 0.387 e. The quantitative estimate of drug-likeness (QED) is 0.790. The van der Waals surface area contributed by atoms with Crippen molar-refractivity contribution in [1.82, 2.24) is 5.32 Å². The molecule has 1 N–H and O–H groups in total. The highest BCUT2D eigenvalue weighted by atomic mass is 19.3. The highest BCUT2D eigenvalue weighted by Crippen LogP contribution is 2.21. The van der Waals surface area contributed by atoms with E-state index in [9.17, 15) is 8.78 Å². The molecule has 0 atom stereocenters. The van der Waals surface area contributed by atoms with Crippen LogP contribution >= 0.6 is 0 Å². The molecule has 0 fully saturated rings. The van der Waals surface area contributed by atoms with Gasteiger partial charge in [0.1, 0.15) is 5.75 Å². The van der Waals surface area contributed by atoms with E-state index in [0.29, 0.717) is 13.0 Å². The Hall–Kier alpha value is -1.67. The molecule has 0 aliphatic rings. The average Bonchev–Trinajstić information content (AvgIpc) is 2.38. The highest BCUT2D eigenvalue weighted by Gasteiger charge is 2.16. The van der Waals surface area contributed by atoms with Gasteiger partial charge in [-0.1, -0.05) is 26.0 Å². The third kappa shape index (κ3) is 6.48. The topological polar surface area (TPSA) is 45.0 Å². The summed E-state index contributed by atoms with van der Waals surface area (Å²) in [6.45, 7) is 2.88. The van der Waals surface area contributed by atoms with Crippen molar-refractivity contribution in [2.45, 2.75) is 39.8 Å². The number of ether oxygens (including phenoxy) is 1. The minimum atomic E-state index is -2.79. The van der Waals surface area contributed by atoms with Crippen LogP contribution < -0.4 is 10.1 Å². The zero-order valence-electron chi connectivity index (χ0n) is 11.8. The SMILES string of the molecule is CC(C)(CCC#N)CNCc1ccc(OC(F)F)cc1. The molecule has 0 bridgehead atoms. The summed E-state index contributed by atoms with van der Waals surface area (Å²) in [5.74, 6) is 0.165. The van der Waals surface area contributed by atoms with E-state index < -0.39 is 6.61 Å². The van der Waals surface area contributed by atoms with Crippen LogP contribution in [0.4, 0.5) is 8.78 Å². The lowest BCUT2D eigenvalue weighted by Crippen LogP contribution is -2.29. The molecule has 0 spiro atoms. The predicted octanol–water partition coefficient (Wildman–Crippen LogP) is 3.71. The maximum atomic E-state index is 12.0. The van der Waals surface area contributed by atoms with Crippen molar-refractivity contribution in [2.75, 3.05) is 6.54 Å². The normalized spacial score (nSPS) is 11.4. The highest BCUT2D eigenvalue weighted by molar-refractivity contribution is 5.27. The zero-order valence-corrected chi connectivity index (χ0v) is 11.8. The van der Waals surface area contributed by atoms with E-state index in [2.05, 4.69) is 30.0 Å². The Balaban J connectivity index is 2.37. The van der Waals surface area contributed by atoms with Gasteiger partial charge in [-0.25, -0.2) is 0 Å². The molecule has 3 nitrogen and oxygen atoms in total. The van der Waals surface area contributed by atoms with Gasteiger partial charge in [-0.2, -0.15) is 14.0 Å². The lowest BCUT2D eigenvalue weighted by molar-refractivity contribution is -0.0498. The number of nitrogens with one attached hydrogen (secondary N) is 1. The molecule has 0 heterocycles. The molecule has 110 valence electrons. The predicted molar refractivity (Wildman–Crippen MR) is 73.4 cm³/mol. The third-order valence-electron chi connectivity index (χ3n) is 2.99. The Morgan fingerprint density at radius 1 is 1.30 bits per heavy atom. The van der Waals surface area contributed by atoms with Crippen molar-refractivity contribution in [1.29, 1.82) is 5.26 Å². The second kappa shape index (κ2) is 7.81. The first-order chi connectivity index (χ1) is 9.43. The summed E-state index contributed by atoms with van der Waals surface area (Å²) in [4.78, 5) is 0. The summed E-state index contributed by atoms with van der Waals surface area (Å²) in [6, 6.07) is 8.73. The first-order valence-electron chi connectivity index (χ1n) is 6.54. The summed E-state index contributed by atoms with van der Waals surface area (Å²) >= 11 is 0. The Kier molecular flexibility index (Phi) is 6.40. The van der Waals surface area contributed by atoms with Crippen molar-refractivity contribution in [3.63, 3.8) is 0 Å². The lowest BCUT2D eigenvalue weighted by Gasteiger charge is -2.23. The van der Waals surface area contributed by atoms with Gasteiger partial charge in [0, 0.05) is 19.5 Å². The fraction of sp³-hybridized carbons (Fsp3) is 0.533. The van der Waals surface area contributed by atoms with Crippen molar-refractivity contribution in [3.05, 3.63) is 29.8 Å². The fourth-order valence-electron chi connectivity index (χ4n) is 1.82. The van der Waals surface area contributed by atoms with Crippen LogP contribution in [0.15, 0.2) is 24.3 Å². The first kappa shape index (κ1) is 16.4. The van der Waals surface area contributed by atoms with Gasteiger partial charge in [0.2, 0.25) is 0 Å². The van der Waals surface area contributed by atoms with Gasteiger partial charge in [-0.3, -0.25) is 0 Å². The van der Waals surface area contributed by atoms with E-state index >= 15 is 0 Å². The Labute approximate surface area is 118 Å². The van der Waals surface area contributed by atoms with Crippen molar-refractivity contribution < 1.29 is 13.5 Å². The number of halogens is 2. The number of hydrogen-bond acceptors (Lipinski definition) is 3. The average molecular weight is 282 g/mol. The largest absolute Gasteiger partial charge is 0.435 e. The Morgan fingerprint density at radius 2 is 1.95 bits per heavy atom. The van der Waals surface area contributed by atoms with Gasteiger partial charge in [0.15, 0.2) is 0 Å². The summed E-state index contributed by atoms with van der Waals surface area (Å²) in [6.07, 6.45) is 1.39. The molecular formula is C15H20F2N2O. The number of benzene rings is 1. The van der Waals surface area contributed by atoms with Crippen LogP contribution in [0.25, 0.3) is 0 Å². The van der Waals surface area contributed by atoms with Crippen molar-refractivity contribution in [2.24, 2.45) is 5.41 Å². The maximum absolute atomic E-state index is 12.0. The van der Waals surface area contributed by atoms with E-state index in [-0.39, 0.29) is 11.2 Å². The van der Waals surface area contributed by atoms with E-state index in [1.54, 1.807) is 12.1 Å². The van der Waals surface area contributed by atoms with Gasteiger partial charge in [0.05, 0.1) is 6.07 Å². The number of nitriles is 1. The number of alkyl halides is 2.